The van der Waals surface area contributed by atoms with Gasteiger partial charge in [0.2, 0.25) is 0 Å². The van der Waals surface area contributed by atoms with Gasteiger partial charge in [0.15, 0.2) is 0 Å². The highest BCUT2D eigenvalue weighted by atomic mass is 15.5. The van der Waals surface area contributed by atoms with Crippen LogP contribution in [0.2, 0.25) is 0 Å². The summed E-state index contributed by atoms with van der Waals surface area (Å²) in [5.41, 5.74) is 6.04. The molecule has 76 valence electrons. The maximum absolute atomic E-state index is 3.48. The van der Waals surface area contributed by atoms with Crippen molar-refractivity contribution in [3.05, 3.63) is 29.8 Å². The maximum atomic E-state index is 3.48. The van der Waals surface area contributed by atoms with Crippen molar-refractivity contribution >= 4 is 5.69 Å². The third kappa shape index (κ3) is 2.26. The zero-order valence-corrected chi connectivity index (χ0v) is 8.79. The topological polar surface area (TPSA) is 15.3 Å². The molecule has 2 nitrogen and oxygen atoms in total. The Morgan fingerprint density at radius 3 is 2.50 bits per heavy atom. The summed E-state index contributed by atoms with van der Waals surface area (Å²) in [6.45, 7) is 4.49. The quantitative estimate of drug-likeness (QED) is 0.771. The van der Waals surface area contributed by atoms with Gasteiger partial charge in [-0.1, -0.05) is 24.6 Å². The third-order valence-corrected chi connectivity index (χ3v) is 2.78. The van der Waals surface area contributed by atoms with Crippen LogP contribution in [-0.4, -0.2) is 18.1 Å². The van der Waals surface area contributed by atoms with Crippen LogP contribution in [0.25, 0.3) is 0 Å². The summed E-state index contributed by atoms with van der Waals surface area (Å²) in [7, 11) is 0. The molecule has 0 aliphatic carbocycles. The molecule has 1 fully saturated rings. The number of piperidine rings is 1. The Bertz CT molecular complexity index is 290. The minimum Gasteiger partial charge on any atom is -0.319 e. The second-order valence-electron chi connectivity index (χ2n) is 3.97. The zero-order valence-electron chi connectivity index (χ0n) is 8.79. The van der Waals surface area contributed by atoms with E-state index in [0.717, 1.165) is 0 Å². The fourth-order valence-electron chi connectivity index (χ4n) is 1.87. The SMILES string of the molecule is Cc1ccccc1NN1CCCCC1. The number of hydrogen-bond donors (Lipinski definition) is 1. The van der Waals surface area contributed by atoms with Crippen molar-refractivity contribution in [1.29, 1.82) is 0 Å². The van der Waals surface area contributed by atoms with Gasteiger partial charge in [-0.3, -0.25) is 0 Å². The highest BCUT2D eigenvalue weighted by Crippen LogP contribution is 2.16. The molecule has 2 heteroatoms. The van der Waals surface area contributed by atoms with Gasteiger partial charge in [-0.25, -0.2) is 5.01 Å². The molecule has 0 atom stereocenters. The Morgan fingerprint density at radius 1 is 1.07 bits per heavy atom. The molecule has 1 heterocycles. The van der Waals surface area contributed by atoms with E-state index in [1.54, 1.807) is 0 Å². The number of hydrazine groups is 1. The number of aryl methyl sites for hydroxylation is 1. The normalized spacial score (nSPS) is 18.1. The molecule has 0 saturated carbocycles. The third-order valence-electron chi connectivity index (χ3n) is 2.78. The summed E-state index contributed by atoms with van der Waals surface area (Å²) in [4.78, 5) is 0. The summed E-state index contributed by atoms with van der Waals surface area (Å²) in [5, 5.41) is 2.33. The molecule has 1 saturated heterocycles. The number of benzene rings is 1. The molecule has 0 spiro atoms. The minimum absolute atomic E-state index is 1.17. The molecule has 14 heavy (non-hydrogen) atoms. The summed E-state index contributed by atoms with van der Waals surface area (Å²) in [6.07, 6.45) is 4.02. The summed E-state index contributed by atoms with van der Waals surface area (Å²) < 4.78 is 0. The van der Waals surface area contributed by atoms with Gasteiger partial charge in [0.1, 0.15) is 0 Å². The summed E-state index contributed by atoms with van der Waals surface area (Å²) in [5.74, 6) is 0. The number of nitrogens with zero attached hydrogens (tertiary/aromatic N) is 1. The van der Waals surface area contributed by atoms with Crippen LogP contribution < -0.4 is 5.43 Å². The highest BCUT2D eigenvalue weighted by Gasteiger charge is 2.09. The molecular weight excluding hydrogens is 172 g/mol. The summed E-state index contributed by atoms with van der Waals surface area (Å²) >= 11 is 0. The lowest BCUT2D eigenvalue weighted by Gasteiger charge is -2.28. The second-order valence-corrected chi connectivity index (χ2v) is 3.97. The largest absolute Gasteiger partial charge is 0.319 e. The molecule has 0 amide bonds. The second kappa shape index (κ2) is 4.47. The highest BCUT2D eigenvalue weighted by molar-refractivity contribution is 5.49. The molecule has 2 rings (SSSR count). The van der Waals surface area contributed by atoms with Crippen molar-refractivity contribution in [3.63, 3.8) is 0 Å². The molecule has 1 aromatic carbocycles. The van der Waals surface area contributed by atoms with E-state index in [2.05, 4.69) is 41.6 Å². The first-order chi connectivity index (χ1) is 6.86. The summed E-state index contributed by atoms with van der Waals surface area (Å²) in [6, 6.07) is 8.45. The van der Waals surface area contributed by atoms with Crippen LogP contribution in [0.1, 0.15) is 24.8 Å². The van der Waals surface area contributed by atoms with Crippen LogP contribution >= 0.6 is 0 Å². The average Bonchev–Trinajstić information content (AvgIpc) is 2.23. The van der Waals surface area contributed by atoms with Crippen molar-refractivity contribution < 1.29 is 0 Å². The van der Waals surface area contributed by atoms with E-state index in [4.69, 9.17) is 0 Å². The number of hydrogen-bond acceptors (Lipinski definition) is 2. The van der Waals surface area contributed by atoms with Gasteiger partial charge in [0.05, 0.1) is 5.69 Å². The van der Waals surface area contributed by atoms with E-state index in [1.807, 2.05) is 0 Å². The fraction of sp³-hybridized carbons (Fsp3) is 0.500. The Labute approximate surface area is 85.9 Å². The monoisotopic (exact) mass is 190 g/mol. The number of anilines is 1. The fourth-order valence-corrected chi connectivity index (χ4v) is 1.87. The van der Waals surface area contributed by atoms with Gasteiger partial charge in [-0.2, -0.15) is 0 Å². The van der Waals surface area contributed by atoms with Gasteiger partial charge in [-0.05, 0) is 31.4 Å². The van der Waals surface area contributed by atoms with Crippen molar-refractivity contribution in [2.75, 3.05) is 18.5 Å². The lowest BCUT2D eigenvalue weighted by molar-refractivity contribution is 0.273. The number of nitrogens with one attached hydrogen (secondary N) is 1. The van der Waals surface area contributed by atoms with Crippen molar-refractivity contribution in [2.24, 2.45) is 0 Å². The van der Waals surface area contributed by atoms with E-state index in [9.17, 15) is 0 Å². The molecular formula is C12H18N2. The van der Waals surface area contributed by atoms with Crippen LogP contribution in [-0.2, 0) is 0 Å². The zero-order chi connectivity index (χ0) is 9.80. The molecule has 1 aromatic rings. The number of rotatable bonds is 2. The lowest BCUT2D eigenvalue weighted by atomic mass is 10.1. The van der Waals surface area contributed by atoms with Gasteiger partial charge in [0.25, 0.3) is 0 Å². The molecule has 0 bridgehead atoms. The van der Waals surface area contributed by atoms with Gasteiger partial charge in [0, 0.05) is 13.1 Å². The Hall–Kier alpha value is -1.02. The molecule has 1 aliphatic rings. The van der Waals surface area contributed by atoms with E-state index in [0.29, 0.717) is 0 Å². The molecule has 1 aliphatic heterocycles. The Kier molecular flexibility index (Phi) is 3.04. The van der Waals surface area contributed by atoms with Crippen LogP contribution in [0.5, 0.6) is 0 Å². The predicted octanol–water partition coefficient (Wildman–Crippen LogP) is 2.81. The van der Waals surface area contributed by atoms with Crippen LogP contribution in [0.4, 0.5) is 5.69 Å². The minimum atomic E-state index is 1.17. The Morgan fingerprint density at radius 2 is 1.79 bits per heavy atom. The van der Waals surface area contributed by atoms with Crippen LogP contribution in [0.15, 0.2) is 24.3 Å². The maximum Gasteiger partial charge on any atom is 0.0519 e. The lowest BCUT2D eigenvalue weighted by Crippen LogP contribution is -2.35. The van der Waals surface area contributed by atoms with E-state index >= 15 is 0 Å². The average molecular weight is 190 g/mol. The number of para-hydroxylation sites is 1. The standard InChI is InChI=1S/C12H18N2/c1-11-7-3-4-8-12(11)13-14-9-5-2-6-10-14/h3-4,7-8,13H,2,5-6,9-10H2,1H3. The molecule has 0 radical (unpaired) electrons. The van der Waals surface area contributed by atoms with Crippen molar-refractivity contribution in [1.82, 2.24) is 5.01 Å². The van der Waals surface area contributed by atoms with Crippen molar-refractivity contribution in [3.8, 4) is 0 Å². The van der Waals surface area contributed by atoms with Gasteiger partial charge in [-0.15, -0.1) is 0 Å². The predicted molar refractivity (Wildman–Crippen MR) is 60.2 cm³/mol. The molecule has 0 unspecified atom stereocenters. The van der Waals surface area contributed by atoms with Crippen molar-refractivity contribution in [2.45, 2.75) is 26.2 Å². The van der Waals surface area contributed by atoms with Crippen LogP contribution in [0.3, 0.4) is 0 Å². The molecule has 0 aromatic heterocycles. The smallest absolute Gasteiger partial charge is 0.0519 e. The van der Waals surface area contributed by atoms with Gasteiger partial charge < -0.3 is 5.43 Å². The Balaban J connectivity index is 1.99. The van der Waals surface area contributed by atoms with Gasteiger partial charge >= 0.3 is 0 Å². The first-order valence-electron chi connectivity index (χ1n) is 5.43. The van der Waals surface area contributed by atoms with E-state index < -0.39 is 0 Å². The van der Waals surface area contributed by atoms with Crippen LogP contribution in [0, 0.1) is 6.92 Å². The van der Waals surface area contributed by atoms with E-state index in [1.165, 1.54) is 43.6 Å². The first-order valence-corrected chi connectivity index (χ1v) is 5.43. The molecule has 1 N–H and O–H groups in total. The van der Waals surface area contributed by atoms with E-state index in [-0.39, 0.29) is 0 Å². The first kappa shape index (κ1) is 9.53.